The Hall–Kier alpha value is -2.29. The first-order valence-corrected chi connectivity index (χ1v) is 8.42. The molecule has 0 N–H and O–H groups in total. The number of alkyl halides is 6. The lowest BCUT2D eigenvalue weighted by Gasteiger charge is -2.17. The summed E-state index contributed by atoms with van der Waals surface area (Å²) >= 11 is 5.97. The molecular formula is C18H16ClF6N3. The minimum Gasteiger partial charge on any atom is -0.217 e. The smallest absolute Gasteiger partial charge is 0.217 e. The van der Waals surface area contributed by atoms with Crippen molar-refractivity contribution >= 4 is 17.3 Å². The van der Waals surface area contributed by atoms with Gasteiger partial charge in [0.2, 0.25) is 0 Å². The van der Waals surface area contributed by atoms with Crippen LogP contribution in [0.25, 0.3) is 5.70 Å². The van der Waals surface area contributed by atoms with E-state index < -0.39 is 29.4 Å². The Morgan fingerprint density at radius 2 is 1.93 bits per heavy atom. The van der Waals surface area contributed by atoms with Crippen molar-refractivity contribution in [3.05, 3.63) is 64.5 Å². The number of hydrogen-bond donors (Lipinski definition) is 0. The molecule has 0 aliphatic heterocycles. The van der Waals surface area contributed by atoms with Gasteiger partial charge in [-0.25, -0.2) is 4.68 Å². The van der Waals surface area contributed by atoms with Gasteiger partial charge in [-0.2, -0.15) is 26.3 Å². The molecule has 10 heteroatoms. The van der Waals surface area contributed by atoms with E-state index >= 15 is 0 Å². The molecule has 0 bridgehead atoms. The van der Waals surface area contributed by atoms with E-state index in [1.165, 1.54) is 13.0 Å². The molecule has 3 nitrogen and oxygen atoms in total. The first-order chi connectivity index (χ1) is 12.9. The Morgan fingerprint density at radius 1 is 1.29 bits per heavy atom. The second-order valence-electron chi connectivity index (χ2n) is 6.01. The fourth-order valence-electron chi connectivity index (χ4n) is 2.62. The number of rotatable bonds is 4. The van der Waals surface area contributed by atoms with Gasteiger partial charge in [-0.05, 0) is 26.3 Å². The van der Waals surface area contributed by atoms with Crippen LogP contribution in [0.4, 0.5) is 26.3 Å². The summed E-state index contributed by atoms with van der Waals surface area (Å²) in [6, 6.07) is 0. The summed E-state index contributed by atoms with van der Waals surface area (Å²) in [6.45, 7) is 6.46. The molecule has 0 radical (unpaired) electrons. The van der Waals surface area contributed by atoms with E-state index in [0.29, 0.717) is 11.4 Å². The monoisotopic (exact) mass is 423 g/mol. The molecule has 1 aromatic rings. The largest absolute Gasteiger partial charge is 0.416 e. The maximum Gasteiger partial charge on any atom is 0.416 e. The summed E-state index contributed by atoms with van der Waals surface area (Å²) < 4.78 is 77.8. The van der Waals surface area contributed by atoms with Crippen LogP contribution < -0.4 is 0 Å². The molecule has 1 aliphatic carbocycles. The Morgan fingerprint density at radius 3 is 2.39 bits per heavy atom. The van der Waals surface area contributed by atoms with Crippen LogP contribution in [-0.2, 0) is 0 Å². The summed E-state index contributed by atoms with van der Waals surface area (Å²) in [6.07, 6.45) is -3.95. The second kappa shape index (κ2) is 7.98. The molecule has 0 saturated heterocycles. The van der Waals surface area contributed by atoms with Crippen molar-refractivity contribution in [1.82, 2.24) is 15.0 Å². The van der Waals surface area contributed by atoms with Gasteiger partial charge in [-0.3, -0.25) is 0 Å². The Labute approximate surface area is 162 Å². The molecule has 0 saturated carbocycles. The highest BCUT2D eigenvalue weighted by Gasteiger charge is 2.34. The van der Waals surface area contributed by atoms with E-state index in [0.717, 1.165) is 29.0 Å². The molecule has 1 atom stereocenters. The zero-order valence-electron chi connectivity index (χ0n) is 14.9. The molecule has 1 aliphatic rings. The molecule has 0 spiro atoms. The molecule has 28 heavy (non-hydrogen) atoms. The molecule has 1 aromatic heterocycles. The number of nitrogens with zero attached hydrogens (tertiary/aromatic N) is 3. The van der Waals surface area contributed by atoms with Gasteiger partial charge in [-0.15, -0.1) is 5.10 Å². The summed E-state index contributed by atoms with van der Waals surface area (Å²) in [5.41, 5.74) is -0.912. The molecule has 0 amide bonds. The van der Waals surface area contributed by atoms with E-state index in [9.17, 15) is 26.3 Å². The topological polar surface area (TPSA) is 30.7 Å². The lowest BCUT2D eigenvalue weighted by Crippen LogP contribution is -2.13. The summed E-state index contributed by atoms with van der Waals surface area (Å²) in [5, 5.41) is 7.50. The molecular weight excluding hydrogens is 408 g/mol. The van der Waals surface area contributed by atoms with E-state index in [1.807, 2.05) is 0 Å². The van der Waals surface area contributed by atoms with Crippen molar-refractivity contribution in [2.24, 2.45) is 0 Å². The van der Waals surface area contributed by atoms with Crippen LogP contribution in [0.15, 0.2) is 53.1 Å². The van der Waals surface area contributed by atoms with Crippen LogP contribution in [-0.4, -0.2) is 27.3 Å². The average Bonchev–Trinajstić information content (AvgIpc) is 2.98. The first kappa shape index (κ1) is 22.0. The quantitative estimate of drug-likeness (QED) is 0.425. The minimum atomic E-state index is -4.58. The maximum atomic E-state index is 12.9. The molecule has 2 rings (SSSR count). The first-order valence-electron chi connectivity index (χ1n) is 8.04. The van der Waals surface area contributed by atoms with Crippen LogP contribution >= 0.6 is 11.6 Å². The van der Waals surface area contributed by atoms with Crippen LogP contribution in [0, 0.1) is 6.92 Å². The third-order valence-electron chi connectivity index (χ3n) is 4.16. The SMILES string of the molecule is C=C(/C(Cl)=C\C(=C/C)C(F)(F)F)n1nnc(C2C=CC(C(F)(F)F)=CC2)c1C. The van der Waals surface area contributed by atoms with Crippen LogP contribution in [0.2, 0.25) is 0 Å². The van der Waals surface area contributed by atoms with E-state index in [4.69, 9.17) is 11.6 Å². The summed E-state index contributed by atoms with van der Waals surface area (Å²) in [4.78, 5) is 0. The highest BCUT2D eigenvalue weighted by atomic mass is 35.5. The van der Waals surface area contributed by atoms with E-state index in [2.05, 4.69) is 16.9 Å². The fraction of sp³-hybridized carbons (Fsp3) is 0.333. The standard InChI is InChI=1S/C18H16ClF6N3/c1-4-13(17(20,21)22)9-15(19)10(2)28-11(3)16(26-27-28)12-5-7-14(8-6-12)18(23,24)25/h4-5,7-9,12H,2,6H2,1,3H3/b13-4+,15-9+. The van der Waals surface area contributed by atoms with Crippen molar-refractivity contribution in [3.8, 4) is 0 Å². The number of hydrogen-bond acceptors (Lipinski definition) is 2. The predicted octanol–water partition coefficient (Wildman–Crippen LogP) is 6.22. The number of allylic oxidation sites excluding steroid dienone is 9. The zero-order valence-corrected chi connectivity index (χ0v) is 15.6. The molecule has 0 aromatic carbocycles. The van der Waals surface area contributed by atoms with Crippen molar-refractivity contribution in [3.63, 3.8) is 0 Å². The minimum absolute atomic E-state index is 0.0344. The highest BCUT2D eigenvalue weighted by molar-refractivity contribution is 6.35. The Bertz CT molecular complexity index is 884. The maximum absolute atomic E-state index is 12.9. The Kier molecular flexibility index (Phi) is 6.27. The van der Waals surface area contributed by atoms with Gasteiger partial charge in [0.1, 0.15) is 0 Å². The second-order valence-corrected chi connectivity index (χ2v) is 6.42. The molecule has 1 unspecified atom stereocenters. The lowest BCUT2D eigenvalue weighted by molar-refractivity contribution is -0.0894. The molecule has 152 valence electrons. The van der Waals surface area contributed by atoms with Gasteiger partial charge >= 0.3 is 12.4 Å². The molecule has 1 heterocycles. The van der Waals surface area contributed by atoms with Gasteiger partial charge in [-0.1, -0.05) is 47.7 Å². The predicted molar refractivity (Wildman–Crippen MR) is 94.5 cm³/mol. The molecule has 0 fully saturated rings. The van der Waals surface area contributed by atoms with E-state index in [1.54, 1.807) is 6.92 Å². The third-order valence-corrected chi connectivity index (χ3v) is 4.49. The van der Waals surface area contributed by atoms with Crippen molar-refractivity contribution in [2.75, 3.05) is 0 Å². The van der Waals surface area contributed by atoms with Crippen LogP contribution in [0.5, 0.6) is 0 Å². The van der Waals surface area contributed by atoms with Gasteiger partial charge < -0.3 is 0 Å². The lowest BCUT2D eigenvalue weighted by atomic mass is 9.93. The summed E-state index contributed by atoms with van der Waals surface area (Å²) in [5.74, 6) is -0.448. The van der Waals surface area contributed by atoms with Gasteiger partial charge in [0.25, 0.3) is 0 Å². The highest BCUT2D eigenvalue weighted by Crippen LogP contribution is 2.35. The van der Waals surface area contributed by atoms with Gasteiger partial charge in [0.15, 0.2) is 0 Å². The van der Waals surface area contributed by atoms with Gasteiger partial charge in [0.05, 0.1) is 33.3 Å². The van der Waals surface area contributed by atoms with Crippen LogP contribution in [0.3, 0.4) is 0 Å². The number of aromatic nitrogens is 3. The number of halogens is 7. The van der Waals surface area contributed by atoms with Crippen molar-refractivity contribution in [2.45, 2.75) is 38.5 Å². The summed E-state index contributed by atoms with van der Waals surface area (Å²) in [7, 11) is 0. The average molecular weight is 424 g/mol. The fourth-order valence-corrected chi connectivity index (χ4v) is 2.82. The van der Waals surface area contributed by atoms with Crippen molar-refractivity contribution in [1.29, 1.82) is 0 Å². The van der Waals surface area contributed by atoms with Crippen molar-refractivity contribution < 1.29 is 26.3 Å². The zero-order chi connectivity index (χ0) is 21.3. The van der Waals surface area contributed by atoms with E-state index in [-0.39, 0.29) is 17.2 Å². The normalized spacial score (nSPS) is 19.0. The van der Waals surface area contributed by atoms with Crippen LogP contribution in [0.1, 0.15) is 30.7 Å². The third kappa shape index (κ3) is 4.76. The Balaban J connectivity index is 2.25. The van der Waals surface area contributed by atoms with Gasteiger partial charge in [0, 0.05) is 5.92 Å².